The van der Waals surface area contributed by atoms with E-state index in [1.54, 1.807) is 48.5 Å². The van der Waals surface area contributed by atoms with E-state index in [0.29, 0.717) is 33.2 Å². The number of halogens is 3. The molecule has 6 rings (SSSR count). The molecule has 46 heavy (non-hydrogen) atoms. The van der Waals surface area contributed by atoms with Crippen LogP contribution >= 0.6 is 24.0 Å². The molecule has 238 valence electrons. The number of ether oxygens (including phenoxy) is 1. The highest BCUT2D eigenvalue weighted by molar-refractivity contribution is 6.30. The van der Waals surface area contributed by atoms with Crippen molar-refractivity contribution in [2.24, 2.45) is 0 Å². The van der Waals surface area contributed by atoms with Crippen LogP contribution in [0.1, 0.15) is 71.9 Å². The molecule has 1 saturated carbocycles. The third kappa shape index (κ3) is 6.88. The van der Waals surface area contributed by atoms with Gasteiger partial charge in [0.05, 0.1) is 22.2 Å². The van der Waals surface area contributed by atoms with E-state index in [4.69, 9.17) is 21.3 Å². The predicted octanol–water partition coefficient (Wildman–Crippen LogP) is 9.12. The van der Waals surface area contributed by atoms with Gasteiger partial charge in [-0.15, -0.1) is 12.4 Å². The van der Waals surface area contributed by atoms with Crippen molar-refractivity contribution in [3.05, 3.63) is 106 Å². The Hall–Kier alpha value is -4.40. The van der Waals surface area contributed by atoms with Crippen LogP contribution in [0.15, 0.2) is 78.9 Å². The highest BCUT2D eigenvalue weighted by Gasteiger charge is 2.25. The number of hydrogen-bond acceptors (Lipinski definition) is 4. The van der Waals surface area contributed by atoms with Gasteiger partial charge in [-0.05, 0) is 98.0 Å². The Kier molecular flexibility index (Phi) is 9.99. The molecule has 10 heteroatoms. The number of carboxylic acids is 1. The van der Waals surface area contributed by atoms with Gasteiger partial charge in [-0.25, -0.2) is 14.2 Å². The normalized spacial score (nSPS) is 13.2. The summed E-state index contributed by atoms with van der Waals surface area (Å²) in [5.41, 5.74) is 4.80. The van der Waals surface area contributed by atoms with Crippen molar-refractivity contribution >= 4 is 46.9 Å². The second-order valence-electron chi connectivity index (χ2n) is 11.7. The van der Waals surface area contributed by atoms with Crippen molar-refractivity contribution in [2.45, 2.75) is 58.2 Å². The number of carbonyl (C=O) groups is 2. The lowest BCUT2D eigenvalue weighted by Crippen LogP contribution is -2.30. The van der Waals surface area contributed by atoms with Crippen molar-refractivity contribution in [2.75, 3.05) is 0 Å². The van der Waals surface area contributed by atoms with E-state index in [1.807, 2.05) is 32.0 Å². The average molecular weight is 663 g/mol. The van der Waals surface area contributed by atoms with Crippen molar-refractivity contribution in [3.63, 3.8) is 0 Å². The third-order valence-electron chi connectivity index (χ3n) is 8.14. The first-order chi connectivity index (χ1) is 21.7. The summed E-state index contributed by atoms with van der Waals surface area (Å²) in [7, 11) is 0. The summed E-state index contributed by atoms with van der Waals surface area (Å²) in [6, 6.07) is 22.6. The fourth-order valence-corrected chi connectivity index (χ4v) is 6.12. The zero-order valence-corrected chi connectivity index (χ0v) is 27.0. The molecule has 7 nitrogen and oxygen atoms in total. The summed E-state index contributed by atoms with van der Waals surface area (Å²) >= 11 is 6.11. The highest BCUT2D eigenvalue weighted by atomic mass is 35.5. The lowest BCUT2D eigenvalue weighted by atomic mass is 9.97. The fraction of sp³-hybridized carbons (Fsp3) is 0.250. The molecule has 1 aliphatic rings. The molecule has 0 saturated heterocycles. The molecule has 5 aromatic rings. The van der Waals surface area contributed by atoms with Crippen LogP contribution in [0.4, 0.5) is 4.39 Å². The molecule has 0 unspecified atom stereocenters. The summed E-state index contributed by atoms with van der Waals surface area (Å²) in [6.45, 7) is 3.90. The van der Waals surface area contributed by atoms with Gasteiger partial charge in [0.25, 0.3) is 5.91 Å². The smallest absolute Gasteiger partial charge is 0.335 e. The number of aromatic nitrogens is 2. The van der Waals surface area contributed by atoms with Crippen LogP contribution in [0, 0.1) is 5.82 Å². The maximum absolute atomic E-state index is 15.8. The topological polar surface area (TPSA) is 93.4 Å². The summed E-state index contributed by atoms with van der Waals surface area (Å²) in [5.74, 6) is -0.926. The van der Waals surface area contributed by atoms with E-state index in [0.717, 1.165) is 47.9 Å². The molecule has 0 atom stereocenters. The number of imidazole rings is 1. The summed E-state index contributed by atoms with van der Waals surface area (Å²) in [6.07, 6.45) is 4.05. The Labute approximate surface area is 277 Å². The molecule has 1 amide bonds. The summed E-state index contributed by atoms with van der Waals surface area (Å²) < 4.78 is 24.0. The van der Waals surface area contributed by atoms with Crippen molar-refractivity contribution < 1.29 is 23.8 Å². The quantitative estimate of drug-likeness (QED) is 0.164. The maximum Gasteiger partial charge on any atom is 0.335 e. The van der Waals surface area contributed by atoms with Gasteiger partial charge >= 0.3 is 5.97 Å². The molecule has 2 N–H and O–H groups in total. The van der Waals surface area contributed by atoms with Gasteiger partial charge in [0, 0.05) is 28.7 Å². The highest BCUT2D eigenvalue weighted by Crippen LogP contribution is 2.38. The van der Waals surface area contributed by atoms with E-state index < -0.39 is 11.8 Å². The molecule has 0 aliphatic heterocycles. The largest absolute Gasteiger partial charge is 0.489 e. The number of fused-ring (bicyclic) bond motifs is 1. The minimum Gasteiger partial charge on any atom is -0.489 e. The SMILES string of the molecule is CC(C)NC(=O)c1ccc(-c2ccc(Cl)cc2)c(COc2ccc(-c3nc4cc(C(=O)O)ccc4n3C3CCCC3)c(F)c2)c1.Cl. The monoisotopic (exact) mass is 661 g/mol. The van der Waals surface area contributed by atoms with Crippen molar-refractivity contribution in [1.29, 1.82) is 0 Å². The van der Waals surface area contributed by atoms with E-state index in [1.165, 1.54) is 12.1 Å². The van der Waals surface area contributed by atoms with Gasteiger partial charge in [-0.3, -0.25) is 4.79 Å². The second kappa shape index (κ2) is 13.9. The number of benzene rings is 4. The van der Waals surface area contributed by atoms with Crippen LogP contribution in [-0.4, -0.2) is 32.6 Å². The molecule has 0 radical (unpaired) electrons. The lowest BCUT2D eigenvalue weighted by molar-refractivity contribution is 0.0696. The van der Waals surface area contributed by atoms with Crippen molar-refractivity contribution in [3.8, 4) is 28.3 Å². The summed E-state index contributed by atoms with van der Waals surface area (Å²) in [5, 5.41) is 13.0. The minimum absolute atomic E-state index is 0. The molecule has 0 spiro atoms. The number of amides is 1. The Morgan fingerprint density at radius 1 is 0.978 bits per heavy atom. The molecule has 4 aromatic carbocycles. The van der Waals surface area contributed by atoms with Gasteiger partial charge in [-0.1, -0.05) is 42.6 Å². The fourth-order valence-electron chi connectivity index (χ4n) is 5.99. The van der Waals surface area contributed by atoms with E-state index in [2.05, 4.69) is 9.88 Å². The molecule has 1 heterocycles. The van der Waals surface area contributed by atoms with Gasteiger partial charge in [0.15, 0.2) is 0 Å². The average Bonchev–Trinajstić information content (AvgIpc) is 3.67. The number of nitrogens with zero attached hydrogens (tertiary/aromatic N) is 2. The summed E-state index contributed by atoms with van der Waals surface area (Å²) in [4.78, 5) is 29.1. The van der Waals surface area contributed by atoms with Crippen LogP contribution in [0.25, 0.3) is 33.5 Å². The Morgan fingerprint density at radius 3 is 2.35 bits per heavy atom. The second-order valence-corrected chi connectivity index (χ2v) is 12.1. The first-order valence-corrected chi connectivity index (χ1v) is 15.4. The van der Waals surface area contributed by atoms with Crippen LogP contribution in [0.2, 0.25) is 5.02 Å². The Morgan fingerprint density at radius 2 is 1.67 bits per heavy atom. The van der Waals surface area contributed by atoms with Crippen LogP contribution in [-0.2, 0) is 6.61 Å². The van der Waals surface area contributed by atoms with E-state index in [9.17, 15) is 14.7 Å². The van der Waals surface area contributed by atoms with Crippen LogP contribution in [0.5, 0.6) is 5.75 Å². The number of hydrogen-bond donors (Lipinski definition) is 2. The lowest BCUT2D eigenvalue weighted by Gasteiger charge is -2.17. The van der Waals surface area contributed by atoms with Gasteiger partial charge < -0.3 is 19.7 Å². The Bertz CT molecular complexity index is 1900. The molecular formula is C36H34Cl2FN3O4. The third-order valence-corrected chi connectivity index (χ3v) is 8.40. The van der Waals surface area contributed by atoms with Crippen LogP contribution in [0.3, 0.4) is 0 Å². The predicted molar refractivity (Wildman–Crippen MR) is 181 cm³/mol. The number of aromatic carboxylic acids is 1. The van der Waals surface area contributed by atoms with Gasteiger partial charge in [0.1, 0.15) is 24.0 Å². The van der Waals surface area contributed by atoms with E-state index >= 15 is 4.39 Å². The molecule has 0 bridgehead atoms. The first kappa shape index (κ1) is 33.0. The number of carboxylic acid groups (broad SMARTS) is 1. The number of nitrogens with one attached hydrogen (secondary N) is 1. The zero-order chi connectivity index (χ0) is 31.7. The minimum atomic E-state index is -1.04. The molecular weight excluding hydrogens is 628 g/mol. The van der Waals surface area contributed by atoms with E-state index in [-0.39, 0.29) is 42.6 Å². The number of rotatable bonds is 9. The number of carbonyl (C=O) groups excluding carboxylic acids is 1. The maximum atomic E-state index is 15.8. The van der Waals surface area contributed by atoms with Gasteiger partial charge in [0.2, 0.25) is 0 Å². The van der Waals surface area contributed by atoms with Gasteiger partial charge in [-0.2, -0.15) is 0 Å². The van der Waals surface area contributed by atoms with Crippen molar-refractivity contribution in [1.82, 2.24) is 14.9 Å². The first-order valence-electron chi connectivity index (χ1n) is 15.1. The Balaban J connectivity index is 0.00000417. The zero-order valence-electron chi connectivity index (χ0n) is 25.4. The standard InChI is InChI=1S/C36H33ClFN3O4.ClH/c1-21(2)39-35(42)23-9-14-29(22-7-11-26(37)12-8-22)25(17-23)20-45-28-13-15-30(31(38)19-28)34-40-32-18-24(36(43)44)10-16-33(32)41(34)27-5-3-4-6-27;/h7-19,21,27H,3-6,20H2,1-2H3,(H,39,42)(H,43,44);1H. The molecule has 1 aliphatic carbocycles. The molecule has 1 aromatic heterocycles. The van der Waals surface area contributed by atoms with Crippen LogP contribution < -0.4 is 10.1 Å². The molecule has 1 fully saturated rings.